The summed E-state index contributed by atoms with van der Waals surface area (Å²) in [5.74, 6) is 0.642. The van der Waals surface area contributed by atoms with Crippen molar-refractivity contribution >= 4 is 12.2 Å². The average Bonchev–Trinajstić information content (AvgIpc) is 3.30. The zero-order valence-electron chi connectivity index (χ0n) is 19.9. The van der Waals surface area contributed by atoms with Gasteiger partial charge in [0.1, 0.15) is 17.3 Å². The quantitative estimate of drug-likeness (QED) is 0.676. The molecule has 180 valence electrons. The Labute approximate surface area is 193 Å². The average molecular weight is 461 g/mol. The molecule has 1 aliphatic heterocycles. The van der Waals surface area contributed by atoms with E-state index < -0.39 is 41.7 Å². The van der Waals surface area contributed by atoms with E-state index in [0.717, 1.165) is 11.1 Å². The third kappa shape index (κ3) is 6.71. The van der Waals surface area contributed by atoms with Crippen LogP contribution in [0.15, 0.2) is 41.3 Å². The lowest BCUT2D eigenvalue weighted by Gasteiger charge is -2.29. The molecule has 0 radical (unpaired) electrons. The molecule has 9 nitrogen and oxygen atoms in total. The SMILES string of the molecule is CC(C)(C)OC(=O)O[C@H]1CN(C(=O)OC(C)(C)C)[C@H](Cc2ccc(-c3cnco3)cc2)[C@@H]1O. The number of ether oxygens (including phenoxy) is 3. The molecular weight excluding hydrogens is 428 g/mol. The van der Waals surface area contributed by atoms with E-state index in [2.05, 4.69) is 4.98 Å². The third-order valence-electron chi connectivity index (χ3n) is 4.93. The summed E-state index contributed by atoms with van der Waals surface area (Å²) in [5.41, 5.74) is 0.290. The molecule has 9 heteroatoms. The number of hydrogen-bond acceptors (Lipinski definition) is 8. The Morgan fingerprint density at radius 2 is 1.73 bits per heavy atom. The Bertz CT molecular complexity index is 943. The predicted octanol–water partition coefficient (Wildman–Crippen LogP) is 4.18. The summed E-state index contributed by atoms with van der Waals surface area (Å²) in [7, 11) is 0. The second-order valence-electron chi connectivity index (χ2n) is 10.1. The summed E-state index contributed by atoms with van der Waals surface area (Å²) >= 11 is 0. The van der Waals surface area contributed by atoms with Crippen molar-refractivity contribution < 1.29 is 33.3 Å². The van der Waals surface area contributed by atoms with Crippen molar-refractivity contribution in [3.63, 3.8) is 0 Å². The normalized spacial score (nSPS) is 21.1. The number of amides is 1. The number of likely N-dealkylation sites (tertiary alicyclic amines) is 1. The van der Waals surface area contributed by atoms with Gasteiger partial charge < -0.3 is 23.7 Å². The Morgan fingerprint density at radius 1 is 1.09 bits per heavy atom. The van der Waals surface area contributed by atoms with E-state index >= 15 is 0 Å². The third-order valence-corrected chi connectivity index (χ3v) is 4.93. The predicted molar refractivity (Wildman–Crippen MR) is 119 cm³/mol. The number of nitrogens with zero attached hydrogens (tertiary/aromatic N) is 2. The maximum absolute atomic E-state index is 12.9. The molecule has 0 unspecified atom stereocenters. The van der Waals surface area contributed by atoms with Crippen LogP contribution in [0.5, 0.6) is 0 Å². The van der Waals surface area contributed by atoms with Crippen molar-refractivity contribution in [3.8, 4) is 11.3 Å². The highest BCUT2D eigenvalue weighted by atomic mass is 16.7. The summed E-state index contributed by atoms with van der Waals surface area (Å²) in [5, 5.41) is 11.0. The van der Waals surface area contributed by atoms with E-state index in [9.17, 15) is 14.7 Å². The summed E-state index contributed by atoms with van der Waals surface area (Å²) in [4.78, 5) is 30.4. The molecule has 3 atom stereocenters. The number of rotatable bonds is 4. The van der Waals surface area contributed by atoms with Gasteiger partial charge in [-0.15, -0.1) is 0 Å². The lowest BCUT2D eigenvalue weighted by Crippen LogP contribution is -2.43. The van der Waals surface area contributed by atoms with Crippen molar-refractivity contribution in [3.05, 3.63) is 42.4 Å². The molecule has 2 heterocycles. The van der Waals surface area contributed by atoms with Gasteiger partial charge in [-0.1, -0.05) is 24.3 Å². The summed E-state index contributed by atoms with van der Waals surface area (Å²) in [6.45, 7) is 10.5. The van der Waals surface area contributed by atoms with Gasteiger partial charge in [-0.25, -0.2) is 14.6 Å². The minimum absolute atomic E-state index is 0.00383. The minimum atomic E-state index is -1.11. The number of carbonyl (C=O) groups excluding carboxylic acids is 2. The number of aromatic nitrogens is 1. The van der Waals surface area contributed by atoms with Crippen LogP contribution < -0.4 is 0 Å². The van der Waals surface area contributed by atoms with E-state index in [1.165, 1.54) is 11.3 Å². The van der Waals surface area contributed by atoms with Crippen LogP contribution in [-0.2, 0) is 20.6 Å². The van der Waals surface area contributed by atoms with Crippen molar-refractivity contribution in [2.24, 2.45) is 0 Å². The topological polar surface area (TPSA) is 111 Å². The molecule has 1 aromatic heterocycles. The van der Waals surface area contributed by atoms with Gasteiger partial charge in [-0.05, 0) is 53.5 Å². The van der Waals surface area contributed by atoms with Gasteiger partial charge in [0.15, 0.2) is 18.3 Å². The first kappa shape index (κ1) is 24.6. The molecule has 1 saturated heterocycles. The fourth-order valence-corrected chi connectivity index (χ4v) is 3.54. The smallest absolute Gasteiger partial charge is 0.444 e. The van der Waals surface area contributed by atoms with E-state index in [4.69, 9.17) is 18.6 Å². The van der Waals surface area contributed by atoms with Gasteiger partial charge in [0.05, 0.1) is 18.8 Å². The second-order valence-corrected chi connectivity index (χ2v) is 10.1. The van der Waals surface area contributed by atoms with Crippen molar-refractivity contribution in [2.75, 3.05) is 6.54 Å². The molecule has 2 aromatic rings. The minimum Gasteiger partial charge on any atom is -0.444 e. The van der Waals surface area contributed by atoms with E-state index in [-0.39, 0.29) is 6.54 Å². The Morgan fingerprint density at radius 3 is 2.27 bits per heavy atom. The lowest BCUT2D eigenvalue weighted by atomic mass is 10.00. The first-order valence-electron chi connectivity index (χ1n) is 10.9. The fourth-order valence-electron chi connectivity index (χ4n) is 3.54. The molecule has 1 aromatic carbocycles. The number of oxazole rings is 1. The highest BCUT2D eigenvalue weighted by Crippen LogP contribution is 2.28. The molecule has 0 spiro atoms. The second kappa shape index (κ2) is 9.43. The largest absolute Gasteiger partial charge is 0.509 e. The molecule has 0 aliphatic carbocycles. The summed E-state index contributed by atoms with van der Waals surface area (Å²) < 4.78 is 21.4. The van der Waals surface area contributed by atoms with Crippen LogP contribution in [0.2, 0.25) is 0 Å². The van der Waals surface area contributed by atoms with E-state index in [1.54, 1.807) is 47.7 Å². The van der Waals surface area contributed by atoms with Crippen LogP contribution >= 0.6 is 0 Å². The van der Waals surface area contributed by atoms with Crippen molar-refractivity contribution in [1.29, 1.82) is 0 Å². The van der Waals surface area contributed by atoms with Crippen LogP contribution in [0.1, 0.15) is 47.1 Å². The molecule has 33 heavy (non-hydrogen) atoms. The van der Waals surface area contributed by atoms with Gasteiger partial charge in [0.2, 0.25) is 0 Å². The van der Waals surface area contributed by atoms with Crippen LogP contribution in [0.3, 0.4) is 0 Å². The van der Waals surface area contributed by atoms with Gasteiger partial charge in [0, 0.05) is 5.56 Å². The van der Waals surface area contributed by atoms with Crippen LogP contribution in [0.4, 0.5) is 9.59 Å². The first-order valence-corrected chi connectivity index (χ1v) is 10.9. The highest BCUT2D eigenvalue weighted by molar-refractivity contribution is 5.70. The molecule has 1 N–H and O–H groups in total. The van der Waals surface area contributed by atoms with E-state index in [1.807, 2.05) is 24.3 Å². The summed E-state index contributed by atoms with van der Waals surface area (Å²) in [6, 6.07) is 6.89. The number of carbonyl (C=O) groups is 2. The summed E-state index contributed by atoms with van der Waals surface area (Å²) in [6.07, 6.45) is -0.205. The highest BCUT2D eigenvalue weighted by Gasteiger charge is 2.47. The number of aliphatic hydroxyl groups is 1. The van der Waals surface area contributed by atoms with Gasteiger partial charge >= 0.3 is 12.2 Å². The van der Waals surface area contributed by atoms with Crippen molar-refractivity contribution in [2.45, 2.75) is 77.4 Å². The Kier molecular flexibility index (Phi) is 7.02. The standard InChI is InChI=1S/C24H32N2O7/c1-23(2,3)32-21(28)26-13-19(31-22(29)33-24(4,5)6)20(27)17(26)11-15-7-9-16(10-8-15)18-12-25-14-30-18/h7-10,12,14,17,19-20,27H,11,13H2,1-6H3/t17-,19+,20+/m1/s1. The zero-order valence-corrected chi connectivity index (χ0v) is 19.9. The monoisotopic (exact) mass is 460 g/mol. The van der Waals surface area contributed by atoms with Gasteiger partial charge in [-0.3, -0.25) is 4.90 Å². The lowest BCUT2D eigenvalue weighted by molar-refractivity contribution is -0.0486. The number of hydrogen-bond donors (Lipinski definition) is 1. The van der Waals surface area contributed by atoms with Crippen molar-refractivity contribution in [1.82, 2.24) is 9.88 Å². The zero-order chi connectivity index (χ0) is 24.4. The number of benzene rings is 1. The first-order chi connectivity index (χ1) is 15.3. The molecule has 1 aliphatic rings. The maximum Gasteiger partial charge on any atom is 0.509 e. The van der Waals surface area contributed by atoms with Crippen LogP contribution in [-0.4, -0.2) is 63.2 Å². The maximum atomic E-state index is 12.9. The fraction of sp³-hybridized carbons (Fsp3) is 0.542. The van der Waals surface area contributed by atoms with Gasteiger partial charge in [-0.2, -0.15) is 0 Å². The molecule has 0 bridgehead atoms. The number of aliphatic hydroxyl groups excluding tert-OH is 1. The molecule has 1 fully saturated rings. The van der Waals surface area contributed by atoms with Crippen LogP contribution in [0.25, 0.3) is 11.3 Å². The Hall–Kier alpha value is -3.07. The molecular formula is C24H32N2O7. The molecule has 1 amide bonds. The molecule has 3 rings (SSSR count). The van der Waals surface area contributed by atoms with Crippen LogP contribution in [0, 0.1) is 0 Å². The Balaban J connectivity index is 1.77. The van der Waals surface area contributed by atoms with Gasteiger partial charge in [0.25, 0.3) is 0 Å². The van der Waals surface area contributed by atoms with E-state index in [0.29, 0.717) is 12.2 Å². The molecule has 0 saturated carbocycles.